The van der Waals surface area contributed by atoms with E-state index in [1.165, 1.54) is 11.1 Å². The number of ether oxygens (including phenoxy) is 2. The highest BCUT2D eigenvalue weighted by atomic mass is 127. The fourth-order valence-electron chi connectivity index (χ4n) is 3.11. The first kappa shape index (κ1) is 26.0. The molecule has 0 aromatic heterocycles. The number of benzene rings is 2. The normalized spacial score (nSPS) is 11.0. The maximum Gasteiger partial charge on any atom is 0.190 e. The molecule has 7 heteroatoms. The topological polar surface area (TPSA) is 58.1 Å². The Morgan fingerprint density at radius 3 is 2.30 bits per heavy atom. The quantitative estimate of drug-likeness (QED) is 0.203. The van der Waals surface area contributed by atoms with Gasteiger partial charge >= 0.3 is 0 Å². The van der Waals surface area contributed by atoms with Crippen molar-refractivity contribution in [1.82, 2.24) is 15.5 Å². The van der Waals surface area contributed by atoms with Crippen molar-refractivity contribution in [3.8, 4) is 11.5 Å². The van der Waals surface area contributed by atoms with Crippen molar-refractivity contribution in [3.63, 3.8) is 0 Å². The molecule has 0 saturated carbocycles. The van der Waals surface area contributed by atoms with E-state index in [0.29, 0.717) is 0 Å². The van der Waals surface area contributed by atoms with Crippen molar-refractivity contribution in [2.45, 2.75) is 19.4 Å². The second-order valence-corrected chi connectivity index (χ2v) is 6.94. The van der Waals surface area contributed by atoms with Gasteiger partial charge in [-0.15, -0.1) is 24.0 Å². The first-order valence-corrected chi connectivity index (χ1v) is 10.0. The molecule has 166 valence electrons. The van der Waals surface area contributed by atoms with Gasteiger partial charge in [-0.25, -0.2) is 0 Å². The molecule has 0 saturated heterocycles. The summed E-state index contributed by atoms with van der Waals surface area (Å²) < 4.78 is 10.6. The average molecular weight is 526 g/mol. The molecule has 6 nitrogen and oxygen atoms in total. The van der Waals surface area contributed by atoms with Crippen LogP contribution in [0.3, 0.4) is 0 Å². The van der Waals surface area contributed by atoms with Gasteiger partial charge in [-0.2, -0.15) is 0 Å². The largest absolute Gasteiger partial charge is 0.493 e. The predicted molar refractivity (Wildman–Crippen MR) is 135 cm³/mol. The van der Waals surface area contributed by atoms with Gasteiger partial charge in [0.1, 0.15) is 0 Å². The second kappa shape index (κ2) is 14.9. The molecule has 0 bridgehead atoms. The highest BCUT2D eigenvalue weighted by molar-refractivity contribution is 14.0. The third-order valence-electron chi connectivity index (χ3n) is 4.68. The van der Waals surface area contributed by atoms with E-state index in [9.17, 15) is 0 Å². The van der Waals surface area contributed by atoms with Crippen molar-refractivity contribution in [2.24, 2.45) is 4.99 Å². The molecular weight excluding hydrogens is 491 g/mol. The molecule has 2 N–H and O–H groups in total. The molecule has 30 heavy (non-hydrogen) atoms. The number of aliphatic imine (C=N–C) groups is 1. The Hall–Kier alpha value is -2.00. The summed E-state index contributed by atoms with van der Waals surface area (Å²) in [5.74, 6) is 2.34. The lowest BCUT2D eigenvalue weighted by Crippen LogP contribution is -2.39. The molecule has 0 atom stereocenters. The number of rotatable bonds is 11. The van der Waals surface area contributed by atoms with Crippen molar-refractivity contribution in [2.75, 3.05) is 47.9 Å². The number of methoxy groups -OCH3 is 2. The van der Waals surface area contributed by atoms with Crippen molar-refractivity contribution < 1.29 is 9.47 Å². The van der Waals surface area contributed by atoms with Crippen LogP contribution in [0, 0.1) is 0 Å². The van der Waals surface area contributed by atoms with E-state index in [1.54, 1.807) is 21.3 Å². The van der Waals surface area contributed by atoms with Crippen LogP contribution in [-0.2, 0) is 13.0 Å². The summed E-state index contributed by atoms with van der Waals surface area (Å²) in [7, 11) is 7.26. The standard InChI is InChI=1S/C23H34N4O2.HI/c1-24-23(25-14-8-16-27(2)18-20-9-6-5-7-10-20)26-15-13-19-11-12-21(28-3)22(17-19)29-4;/h5-7,9-12,17H,8,13-16,18H2,1-4H3,(H2,24,25,26);1H. The van der Waals surface area contributed by atoms with Gasteiger partial charge < -0.3 is 25.0 Å². The van der Waals surface area contributed by atoms with Gasteiger partial charge in [0.25, 0.3) is 0 Å². The van der Waals surface area contributed by atoms with Crippen molar-refractivity contribution >= 4 is 29.9 Å². The monoisotopic (exact) mass is 526 g/mol. The average Bonchev–Trinajstić information content (AvgIpc) is 2.75. The number of nitrogens with one attached hydrogen (secondary N) is 2. The highest BCUT2D eigenvalue weighted by Crippen LogP contribution is 2.27. The van der Waals surface area contributed by atoms with E-state index in [-0.39, 0.29) is 24.0 Å². The Labute approximate surface area is 198 Å². The van der Waals surface area contributed by atoms with Crippen molar-refractivity contribution in [1.29, 1.82) is 0 Å². The Balaban J connectivity index is 0.00000450. The summed E-state index contributed by atoms with van der Waals surface area (Å²) in [4.78, 5) is 6.64. The first-order chi connectivity index (χ1) is 14.2. The minimum Gasteiger partial charge on any atom is -0.493 e. The number of halogens is 1. The summed E-state index contributed by atoms with van der Waals surface area (Å²) in [5.41, 5.74) is 2.53. The van der Waals surface area contributed by atoms with E-state index < -0.39 is 0 Å². The van der Waals surface area contributed by atoms with Crippen molar-refractivity contribution in [3.05, 3.63) is 59.7 Å². The third-order valence-corrected chi connectivity index (χ3v) is 4.68. The van der Waals surface area contributed by atoms with Gasteiger partial charge in [0.05, 0.1) is 14.2 Å². The van der Waals surface area contributed by atoms with Gasteiger partial charge in [0.2, 0.25) is 0 Å². The summed E-state index contributed by atoms with van der Waals surface area (Å²) in [5, 5.41) is 6.75. The Kier molecular flexibility index (Phi) is 12.9. The molecule has 2 aromatic carbocycles. The molecule has 0 heterocycles. The molecule has 2 rings (SSSR count). The van der Waals surface area contributed by atoms with Crippen LogP contribution in [0.15, 0.2) is 53.5 Å². The summed E-state index contributed by atoms with van der Waals surface area (Å²) in [6.45, 7) is 3.68. The number of guanidine groups is 1. The molecule has 0 aliphatic carbocycles. The van der Waals surface area contributed by atoms with Crippen LogP contribution in [-0.4, -0.2) is 58.8 Å². The zero-order valence-corrected chi connectivity index (χ0v) is 20.8. The van der Waals surface area contributed by atoms with Crippen LogP contribution in [0.5, 0.6) is 11.5 Å². The number of nitrogens with zero attached hydrogens (tertiary/aromatic N) is 2. The van der Waals surface area contributed by atoms with Gasteiger partial charge in [0.15, 0.2) is 17.5 Å². The molecule has 0 amide bonds. The second-order valence-electron chi connectivity index (χ2n) is 6.94. The van der Waals surface area contributed by atoms with Gasteiger partial charge in [-0.3, -0.25) is 4.99 Å². The minimum absolute atomic E-state index is 0. The van der Waals surface area contributed by atoms with Crippen LogP contribution in [0.2, 0.25) is 0 Å². The lowest BCUT2D eigenvalue weighted by atomic mass is 10.1. The number of hydrogen-bond acceptors (Lipinski definition) is 4. The molecule has 0 unspecified atom stereocenters. The maximum atomic E-state index is 5.36. The molecule has 2 aromatic rings. The van der Waals surface area contributed by atoms with Crippen LogP contribution in [0.25, 0.3) is 0 Å². The van der Waals surface area contributed by atoms with Crippen LogP contribution in [0.4, 0.5) is 0 Å². The summed E-state index contributed by atoms with van der Waals surface area (Å²) in [6.07, 6.45) is 1.93. The van der Waals surface area contributed by atoms with Crippen LogP contribution >= 0.6 is 24.0 Å². The van der Waals surface area contributed by atoms with E-state index in [0.717, 1.165) is 56.5 Å². The van der Waals surface area contributed by atoms with Crippen LogP contribution < -0.4 is 20.1 Å². The smallest absolute Gasteiger partial charge is 0.190 e. The Morgan fingerprint density at radius 2 is 1.63 bits per heavy atom. The van der Waals surface area contributed by atoms with Gasteiger partial charge in [-0.05, 0) is 49.7 Å². The first-order valence-electron chi connectivity index (χ1n) is 10.0. The van der Waals surface area contributed by atoms with E-state index in [1.807, 2.05) is 12.1 Å². The molecular formula is C23H35IN4O2. The molecule has 0 aliphatic heterocycles. The fourth-order valence-corrected chi connectivity index (χ4v) is 3.11. The Bertz CT molecular complexity index is 756. The predicted octanol–water partition coefficient (Wildman–Crippen LogP) is 3.55. The SMILES string of the molecule is CN=C(NCCCN(C)Cc1ccccc1)NCCc1ccc(OC)c(OC)c1.I. The van der Waals surface area contributed by atoms with E-state index >= 15 is 0 Å². The fraction of sp³-hybridized carbons (Fsp3) is 0.435. The summed E-state index contributed by atoms with van der Waals surface area (Å²) in [6, 6.07) is 16.6. The number of hydrogen-bond donors (Lipinski definition) is 2. The van der Waals surface area contributed by atoms with E-state index in [2.05, 4.69) is 64.0 Å². The molecule has 0 radical (unpaired) electrons. The molecule has 0 aliphatic rings. The van der Waals surface area contributed by atoms with Gasteiger partial charge in [0, 0.05) is 26.7 Å². The van der Waals surface area contributed by atoms with E-state index in [4.69, 9.17) is 9.47 Å². The zero-order chi connectivity index (χ0) is 20.9. The Morgan fingerprint density at radius 1 is 0.933 bits per heavy atom. The van der Waals surface area contributed by atoms with Gasteiger partial charge in [-0.1, -0.05) is 36.4 Å². The lowest BCUT2D eigenvalue weighted by molar-refractivity contribution is 0.322. The lowest BCUT2D eigenvalue weighted by Gasteiger charge is -2.17. The zero-order valence-electron chi connectivity index (χ0n) is 18.5. The molecule has 0 spiro atoms. The maximum absolute atomic E-state index is 5.36. The van der Waals surface area contributed by atoms with Crippen LogP contribution in [0.1, 0.15) is 17.5 Å². The highest BCUT2D eigenvalue weighted by Gasteiger charge is 2.05. The minimum atomic E-state index is 0. The third kappa shape index (κ3) is 9.21. The summed E-state index contributed by atoms with van der Waals surface area (Å²) >= 11 is 0. The molecule has 0 fully saturated rings.